The van der Waals surface area contributed by atoms with Crippen molar-refractivity contribution in [1.82, 2.24) is 0 Å². The van der Waals surface area contributed by atoms with E-state index in [2.05, 4.69) is 24.3 Å². The fourth-order valence-electron chi connectivity index (χ4n) is 2.08. The number of halogens is 2. The molecule has 100 valence electrons. The highest BCUT2D eigenvalue weighted by molar-refractivity contribution is 6.35. The molecule has 0 aromatic heterocycles. The molecule has 0 bridgehead atoms. The Hall–Kier alpha value is -1.02. The zero-order valence-corrected chi connectivity index (χ0v) is 12.2. The summed E-state index contributed by atoms with van der Waals surface area (Å²) in [5.74, 6) is 0.0549. The molecule has 0 saturated carbocycles. The summed E-state index contributed by atoms with van der Waals surface area (Å²) in [5, 5.41) is 10.9. The van der Waals surface area contributed by atoms with Crippen molar-refractivity contribution in [2.24, 2.45) is 0 Å². The van der Waals surface area contributed by atoms with Crippen molar-refractivity contribution in [2.75, 3.05) is 6.61 Å². The van der Waals surface area contributed by atoms with Crippen LogP contribution >= 0.6 is 23.2 Å². The maximum absolute atomic E-state index is 9.59. The van der Waals surface area contributed by atoms with Gasteiger partial charge in [-0.2, -0.15) is 0 Å². The predicted octanol–water partition coefficient (Wildman–Crippen LogP) is 4.62. The maximum atomic E-state index is 9.59. The number of aliphatic hydroxyl groups is 1. The molecular weight excluding hydrogens is 279 g/mol. The third kappa shape index (κ3) is 3.73. The van der Waals surface area contributed by atoms with Gasteiger partial charge in [-0.1, -0.05) is 59.1 Å². The molecule has 1 nitrogen and oxygen atoms in total. The van der Waals surface area contributed by atoms with E-state index in [0.717, 1.165) is 11.1 Å². The van der Waals surface area contributed by atoms with Crippen LogP contribution in [0.15, 0.2) is 42.5 Å². The maximum Gasteiger partial charge on any atom is 0.0502 e. The standard InChI is InChI=1S/C16H16Cl2O/c1-11-2-4-12(5-3-11)14(10-19)8-13-6-7-15(17)9-16(13)18/h2-7,9,14,19H,8,10H2,1H3. The number of aryl methyl sites for hydroxylation is 1. The van der Waals surface area contributed by atoms with Gasteiger partial charge in [0, 0.05) is 16.0 Å². The minimum absolute atomic E-state index is 0.0549. The Bertz CT molecular complexity index is 549. The highest BCUT2D eigenvalue weighted by atomic mass is 35.5. The van der Waals surface area contributed by atoms with E-state index in [0.29, 0.717) is 16.5 Å². The third-order valence-electron chi connectivity index (χ3n) is 3.25. The number of rotatable bonds is 4. The summed E-state index contributed by atoms with van der Waals surface area (Å²) in [4.78, 5) is 0. The first-order valence-electron chi connectivity index (χ1n) is 6.21. The highest BCUT2D eigenvalue weighted by Gasteiger charge is 2.13. The molecule has 0 fully saturated rings. The average molecular weight is 295 g/mol. The van der Waals surface area contributed by atoms with Gasteiger partial charge in [0.15, 0.2) is 0 Å². The molecular formula is C16H16Cl2O. The van der Waals surface area contributed by atoms with Gasteiger partial charge in [-0.3, -0.25) is 0 Å². The minimum atomic E-state index is 0.0549. The van der Waals surface area contributed by atoms with Crippen LogP contribution in [0, 0.1) is 6.92 Å². The van der Waals surface area contributed by atoms with E-state index < -0.39 is 0 Å². The molecule has 1 N–H and O–H groups in total. The molecule has 1 atom stereocenters. The van der Waals surface area contributed by atoms with E-state index in [1.165, 1.54) is 5.56 Å². The lowest BCUT2D eigenvalue weighted by molar-refractivity contribution is 0.264. The van der Waals surface area contributed by atoms with Crippen LogP contribution in [0.2, 0.25) is 10.0 Å². The molecule has 3 heteroatoms. The molecule has 0 aliphatic rings. The van der Waals surface area contributed by atoms with Gasteiger partial charge in [0.2, 0.25) is 0 Å². The smallest absolute Gasteiger partial charge is 0.0502 e. The Morgan fingerprint density at radius 2 is 1.74 bits per heavy atom. The second-order valence-corrected chi connectivity index (χ2v) is 5.57. The summed E-state index contributed by atoms with van der Waals surface area (Å²) in [6.45, 7) is 2.15. The van der Waals surface area contributed by atoms with Gasteiger partial charge in [0.1, 0.15) is 0 Å². The normalized spacial score (nSPS) is 12.4. The van der Waals surface area contributed by atoms with Crippen molar-refractivity contribution in [3.63, 3.8) is 0 Å². The first-order valence-corrected chi connectivity index (χ1v) is 6.97. The van der Waals surface area contributed by atoms with Crippen molar-refractivity contribution >= 4 is 23.2 Å². The van der Waals surface area contributed by atoms with Gasteiger partial charge < -0.3 is 5.11 Å². The van der Waals surface area contributed by atoms with E-state index in [9.17, 15) is 5.11 Å². The molecule has 19 heavy (non-hydrogen) atoms. The Morgan fingerprint density at radius 1 is 1.05 bits per heavy atom. The van der Waals surface area contributed by atoms with Gasteiger partial charge in [0.05, 0.1) is 6.61 Å². The van der Waals surface area contributed by atoms with Gasteiger partial charge in [0.25, 0.3) is 0 Å². The lowest BCUT2D eigenvalue weighted by Crippen LogP contribution is -2.08. The summed E-state index contributed by atoms with van der Waals surface area (Å²) >= 11 is 12.1. The van der Waals surface area contributed by atoms with E-state index in [-0.39, 0.29) is 12.5 Å². The lowest BCUT2D eigenvalue weighted by atomic mass is 9.92. The second kappa shape index (κ2) is 6.42. The second-order valence-electron chi connectivity index (χ2n) is 4.73. The monoisotopic (exact) mass is 294 g/mol. The van der Waals surface area contributed by atoms with Gasteiger partial charge in [-0.05, 0) is 36.6 Å². The average Bonchev–Trinajstić information content (AvgIpc) is 2.39. The van der Waals surface area contributed by atoms with Gasteiger partial charge >= 0.3 is 0 Å². The van der Waals surface area contributed by atoms with E-state index in [1.807, 2.05) is 19.1 Å². The molecule has 0 heterocycles. The molecule has 0 aliphatic carbocycles. The van der Waals surface area contributed by atoms with Crippen molar-refractivity contribution in [2.45, 2.75) is 19.3 Å². The van der Waals surface area contributed by atoms with E-state index in [1.54, 1.807) is 6.07 Å². The molecule has 0 radical (unpaired) electrons. The Labute approximate surface area is 123 Å². The van der Waals surface area contributed by atoms with Crippen molar-refractivity contribution in [3.8, 4) is 0 Å². The zero-order chi connectivity index (χ0) is 13.8. The molecule has 0 spiro atoms. The third-order valence-corrected chi connectivity index (χ3v) is 3.84. The van der Waals surface area contributed by atoms with Crippen LogP contribution < -0.4 is 0 Å². The van der Waals surface area contributed by atoms with Crippen LogP contribution in [0.5, 0.6) is 0 Å². The zero-order valence-electron chi connectivity index (χ0n) is 10.7. The SMILES string of the molecule is Cc1ccc(C(CO)Cc2ccc(Cl)cc2Cl)cc1. The Morgan fingerprint density at radius 3 is 2.32 bits per heavy atom. The van der Waals surface area contributed by atoms with E-state index in [4.69, 9.17) is 23.2 Å². The summed E-state index contributed by atoms with van der Waals surface area (Å²) in [7, 11) is 0. The molecule has 0 aliphatic heterocycles. The molecule has 0 saturated heterocycles. The lowest BCUT2D eigenvalue weighted by Gasteiger charge is -2.16. The molecule has 0 amide bonds. The summed E-state index contributed by atoms with van der Waals surface area (Å²) in [6, 6.07) is 13.7. The molecule has 2 aromatic rings. The number of aliphatic hydroxyl groups excluding tert-OH is 1. The quantitative estimate of drug-likeness (QED) is 0.872. The predicted molar refractivity (Wildman–Crippen MR) is 81.2 cm³/mol. The molecule has 2 aromatic carbocycles. The summed E-state index contributed by atoms with van der Waals surface area (Å²) in [5.41, 5.74) is 3.34. The van der Waals surface area contributed by atoms with Crippen molar-refractivity contribution in [3.05, 3.63) is 69.2 Å². The first kappa shape index (κ1) is 14.4. The molecule has 2 rings (SSSR count). The van der Waals surface area contributed by atoms with Crippen LogP contribution in [0.25, 0.3) is 0 Å². The van der Waals surface area contributed by atoms with Crippen molar-refractivity contribution in [1.29, 1.82) is 0 Å². The van der Waals surface area contributed by atoms with Crippen LogP contribution in [0.4, 0.5) is 0 Å². The Balaban J connectivity index is 2.21. The fourth-order valence-corrected chi connectivity index (χ4v) is 2.56. The topological polar surface area (TPSA) is 20.2 Å². The number of hydrogen-bond acceptors (Lipinski definition) is 1. The Kier molecular flexibility index (Phi) is 4.87. The fraction of sp³-hybridized carbons (Fsp3) is 0.250. The minimum Gasteiger partial charge on any atom is -0.396 e. The van der Waals surface area contributed by atoms with Gasteiger partial charge in [-0.25, -0.2) is 0 Å². The molecule has 1 unspecified atom stereocenters. The van der Waals surface area contributed by atoms with E-state index >= 15 is 0 Å². The number of hydrogen-bond donors (Lipinski definition) is 1. The highest BCUT2D eigenvalue weighted by Crippen LogP contribution is 2.27. The summed E-state index contributed by atoms with van der Waals surface area (Å²) in [6.07, 6.45) is 0.704. The van der Waals surface area contributed by atoms with Crippen LogP contribution in [0.3, 0.4) is 0 Å². The van der Waals surface area contributed by atoms with Crippen LogP contribution in [0.1, 0.15) is 22.6 Å². The largest absolute Gasteiger partial charge is 0.396 e. The van der Waals surface area contributed by atoms with Crippen LogP contribution in [-0.2, 0) is 6.42 Å². The van der Waals surface area contributed by atoms with Gasteiger partial charge in [-0.15, -0.1) is 0 Å². The van der Waals surface area contributed by atoms with Crippen molar-refractivity contribution < 1.29 is 5.11 Å². The summed E-state index contributed by atoms with van der Waals surface area (Å²) < 4.78 is 0. The first-order chi connectivity index (χ1) is 9.10. The van der Waals surface area contributed by atoms with Crippen LogP contribution in [-0.4, -0.2) is 11.7 Å². The number of benzene rings is 2.